The molecule has 1 aromatic rings. The molecule has 1 rings (SSSR count). The van der Waals surface area contributed by atoms with Crippen molar-refractivity contribution in [3.05, 3.63) is 28.2 Å². The number of aromatic nitrogens is 1. The molecule has 0 aliphatic carbocycles. The van der Waals surface area contributed by atoms with Crippen LogP contribution in [0.4, 0.5) is 4.39 Å². The normalized spacial score (nSPS) is 12.9. The average Bonchev–Trinajstić information content (AvgIpc) is 2.36. The van der Waals surface area contributed by atoms with Gasteiger partial charge in [0, 0.05) is 25.3 Å². The van der Waals surface area contributed by atoms with E-state index in [1.165, 1.54) is 20.3 Å². The number of nitrogens with zero attached hydrogens (tertiary/aromatic N) is 2. The smallest absolute Gasteiger partial charge is 0.203 e. The molecule has 0 radical (unpaired) electrons. The molecule has 0 unspecified atom stereocenters. The Hall–Kier alpha value is -1.05. The minimum absolute atomic E-state index is 0.261. The van der Waals surface area contributed by atoms with Crippen molar-refractivity contribution in [2.24, 2.45) is 5.10 Å². The Kier molecular flexibility index (Phi) is 6.04. The summed E-state index contributed by atoms with van der Waals surface area (Å²) in [5.74, 6) is -0.498. The lowest BCUT2D eigenvalue weighted by Crippen LogP contribution is -2.36. The molecule has 0 aliphatic rings. The Morgan fingerprint density at radius 2 is 2.00 bits per heavy atom. The van der Waals surface area contributed by atoms with Crippen molar-refractivity contribution < 1.29 is 13.9 Å². The van der Waals surface area contributed by atoms with Crippen LogP contribution in [0.25, 0.3) is 0 Å². The standard InChI is InChI=1S/C13H19BrFN3O2/c1-13(2,3)18-17-11(12(19-4)20-5)8-6-10(14)16-7-9(8)15/h6-7,12,18H,1-5H3. The molecule has 1 N–H and O–H groups in total. The molecule has 0 spiro atoms. The Bertz CT molecular complexity index is 485. The Morgan fingerprint density at radius 3 is 2.50 bits per heavy atom. The quantitative estimate of drug-likeness (QED) is 0.385. The zero-order valence-electron chi connectivity index (χ0n) is 12.2. The summed E-state index contributed by atoms with van der Waals surface area (Å²) in [5, 5.41) is 4.24. The zero-order valence-corrected chi connectivity index (χ0v) is 13.8. The summed E-state index contributed by atoms with van der Waals surface area (Å²) in [6.07, 6.45) is 0.336. The molecule has 20 heavy (non-hydrogen) atoms. The highest BCUT2D eigenvalue weighted by Crippen LogP contribution is 2.17. The molecule has 0 fully saturated rings. The fourth-order valence-electron chi connectivity index (χ4n) is 1.40. The third-order valence-corrected chi connectivity index (χ3v) is 2.69. The summed E-state index contributed by atoms with van der Waals surface area (Å²) in [4.78, 5) is 3.83. The van der Waals surface area contributed by atoms with Crippen LogP contribution in [0.3, 0.4) is 0 Å². The maximum atomic E-state index is 14.0. The number of halogens is 2. The highest BCUT2D eigenvalue weighted by atomic mass is 79.9. The van der Waals surface area contributed by atoms with Crippen molar-refractivity contribution in [2.75, 3.05) is 14.2 Å². The van der Waals surface area contributed by atoms with Crippen LogP contribution in [-0.2, 0) is 9.47 Å². The van der Waals surface area contributed by atoms with Gasteiger partial charge in [0.2, 0.25) is 6.29 Å². The minimum Gasteiger partial charge on any atom is -0.350 e. The molecular formula is C13H19BrFN3O2. The number of hydrogen-bond acceptors (Lipinski definition) is 5. The van der Waals surface area contributed by atoms with Gasteiger partial charge in [0.15, 0.2) is 5.82 Å². The second kappa shape index (κ2) is 7.10. The van der Waals surface area contributed by atoms with Gasteiger partial charge in [0.25, 0.3) is 0 Å². The predicted molar refractivity (Wildman–Crippen MR) is 79.1 cm³/mol. The first-order valence-corrected chi connectivity index (χ1v) is 6.79. The first kappa shape index (κ1) is 17.0. The zero-order chi connectivity index (χ0) is 15.3. The Labute approximate surface area is 126 Å². The van der Waals surface area contributed by atoms with Crippen molar-refractivity contribution in [1.29, 1.82) is 0 Å². The molecule has 0 amide bonds. The molecule has 1 heterocycles. The van der Waals surface area contributed by atoms with E-state index in [0.29, 0.717) is 10.3 Å². The third-order valence-electron chi connectivity index (χ3n) is 2.26. The number of rotatable bonds is 5. The first-order valence-electron chi connectivity index (χ1n) is 6.00. The highest BCUT2D eigenvalue weighted by Gasteiger charge is 2.22. The lowest BCUT2D eigenvalue weighted by atomic mass is 10.1. The maximum Gasteiger partial charge on any atom is 0.203 e. The summed E-state index contributed by atoms with van der Waals surface area (Å²) in [7, 11) is 2.93. The molecule has 0 atom stereocenters. The number of ether oxygens (including phenoxy) is 2. The minimum atomic E-state index is -0.784. The third kappa shape index (κ3) is 4.81. The van der Waals surface area contributed by atoms with Gasteiger partial charge in [-0.1, -0.05) is 0 Å². The van der Waals surface area contributed by atoms with Crippen molar-refractivity contribution in [2.45, 2.75) is 32.6 Å². The fraction of sp³-hybridized carbons (Fsp3) is 0.538. The molecule has 1 aromatic heterocycles. The van der Waals surface area contributed by atoms with Gasteiger partial charge in [0.1, 0.15) is 10.3 Å². The van der Waals surface area contributed by atoms with E-state index in [0.717, 1.165) is 6.20 Å². The van der Waals surface area contributed by atoms with E-state index in [1.807, 2.05) is 20.8 Å². The molecule has 0 saturated heterocycles. The number of hydrogen-bond donors (Lipinski definition) is 1. The fourth-order valence-corrected chi connectivity index (χ4v) is 1.73. The molecule has 5 nitrogen and oxygen atoms in total. The van der Waals surface area contributed by atoms with Crippen LogP contribution in [0.2, 0.25) is 0 Å². The lowest BCUT2D eigenvalue weighted by molar-refractivity contribution is -0.0520. The lowest BCUT2D eigenvalue weighted by Gasteiger charge is -2.22. The molecule has 0 bridgehead atoms. The van der Waals surface area contributed by atoms with Gasteiger partial charge in [-0.15, -0.1) is 0 Å². The van der Waals surface area contributed by atoms with E-state index in [-0.39, 0.29) is 11.1 Å². The van der Waals surface area contributed by atoms with Gasteiger partial charge in [0.05, 0.1) is 6.20 Å². The molecule has 0 aliphatic heterocycles. The van der Waals surface area contributed by atoms with Crippen molar-refractivity contribution >= 4 is 21.6 Å². The SMILES string of the molecule is COC(OC)C(=NNC(C)(C)C)c1cc(Br)ncc1F. The van der Waals surface area contributed by atoms with Gasteiger partial charge < -0.3 is 14.9 Å². The monoisotopic (exact) mass is 347 g/mol. The highest BCUT2D eigenvalue weighted by molar-refractivity contribution is 9.10. The summed E-state index contributed by atoms with van der Waals surface area (Å²) < 4.78 is 24.8. The topological polar surface area (TPSA) is 55.7 Å². The largest absolute Gasteiger partial charge is 0.350 e. The van der Waals surface area contributed by atoms with Crippen LogP contribution in [0.1, 0.15) is 26.3 Å². The van der Waals surface area contributed by atoms with Gasteiger partial charge in [-0.2, -0.15) is 5.10 Å². The molecule has 0 saturated carbocycles. The van der Waals surface area contributed by atoms with Crippen LogP contribution in [0.5, 0.6) is 0 Å². The summed E-state index contributed by atoms with van der Waals surface area (Å²) in [6.45, 7) is 5.84. The summed E-state index contributed by atoms with van der Waals surface area (Å²) >= 11 is 3.21. The summed E-state index contributed by atoms with van der Waals surface area (Å²) in [5.41, 5.74) is 3.25. The first-order chi connectivity index (χ1) is 9.28. The van der Waals surface area contributed by atoms with E-state index in [4.69, 9.17) is 9.47 Å². The predicted octanol–water partition coefficient (Wildman–Crippen LogP) is 2.69. The van der Waals surface area contributed by atoms with Gasteiger partial charge in [-0.3, -0.25) is 0 Å². The number of nitrogens with one attached hydrogen (secondary N) is 1. The van der Waals surface area contributed by atoms with Crippen LogP contribution in [-0.4, -0.2) is 36.7 Å². The second-order valence-electron chi connectivity index (χ2n) is 5.15. The molecule has 112 valence electrons. The summed E-state index contributed by atoms with van der Waals surface area (Å²) in [6, 6.07) is 1.53. The van der Waals surface area contributed by atoms with Crippen LogP contribution in [0.15, 0.2) is 22.0 Å². The number of hydrazone groups is 1. The van der Waals surface area contributed by atoms with E-state index in [2.05, 4.69) is 31.4 Å². The van der Waals surface area contributed by atoms with Crippen molar-refractivity contribution in [1.82, 2.24) is 10.4 Å². The maximum absolute atomic E-state index is 14.0. The van der Waals surface area contributed by atoms with E-state index < -0.39 is 12.1 Å². The molecule has 0 aromatic carbocycles. The Balaban J connectivity index is 3.26. The average molecular weight is 348 g/mol. The van der Waals surface area contributed by atoms with Gasteiger partial charge in [-0.05, 0) is 42.8 Å². The van der Waals surface area contributed by atoms with Crippen LogP contribution < -0.4 is 5.43 Å². The molecule has 7 heteroatoms. The van der Waals surface area contributed by atoms with Crippen LogP contribution >= 0.6 is 15.9 Å². The van der Waals surface area contributed by atoms with E-state index in [1.54, 1.807) is 0 Å². The van der Waals surface area contributed by atoms with Gasteiger partial charge >= 0.3 is 0 Å². The Morgan fingerprint density at radius 1 is 1.40 bits per heavy atom. The van der Waals surface area contributed by atoms with E-state index >= 15 is 0 Å². The second-order valence-corrected chi connectivity index (χ2v) is 5.96. The number of pyridine rings is 1. The van der Waals surface area contributed by atoms with E-state index in [9.17, 15) is 4.39 Å². The van der Waals surface area contributed by atoms with Gasteiger partial charge in [-0.25, -0.2) is 9.37 Å². The van der Waals surface area contributed by atoms with Crippen LogP contribution in [0, 0.1) is 5.82 Å². The van der Waals surface area contributed by atoms with Crippen molar-refractivity contribution in [3.8, 4) is 0 Å². The molecular weight excluding hydrogens is 329 g/mol. The number of methoxy groups -OCH3 is 2. The van der Waals surface area contributed by atoms with Crippen molar-refractivity contribution in [3.63, 3.8) is 0 Å².